The maximum atomic E-state index is 10.1. The average molecular weight is 238 g/mol. The van der Waals surface area contributed by atoms with Crippen molar-refractivity contribution >= 4 is 18.4 Å². The Morgan fingerprint density at radius 1 is 1.42 bits per heavy atom. The Morgan fingerprint density at radius 3 is 2.25 bits per heavy atom. The van der Waals surface area contributed by atoms with Gasteiger partial charge in [-0.1, -0.05) is 6.42 Å². The van der Waals surface area contributed by atoms with E-state index < -0.39 is 12.0 Å². The molecule has 0 fully saturated rings. The topological polar surface area (TPSA) is 89.3 Å². The first-order valence-electron chi connectivity index (χ1n) is 3.37. The van der Waals surface area contributed by atoms with E-state index in [2.05, 4.69) is 0 Å². The van der Waals surface area contributed by atoms with E-state index in [4.69, 9.17) is 16.6 Å². The molecule has 0 amide bonds. The van der Waals surface area contributed by atoms with Crippen LogP contribution in [0, 0.1) is 0 Å². The molecule has 0 aliphatic rings. The van der Waals surface area contributed by atoms with Gasteiger partial charge in [0.05, 0.1) is 0 Å². The average Bonchev–Trinajstić information content (AvgIpc) is 1.88. The van der Waals surface area contributed by atoms with E-state index in [1.807, 2.05) is 0 Å². The number of carboxylic acid groups (broad SMARTS) is 1. The van der Waals surface area contributed by atoms with Crippen molar-refractivity contribution in [2.75, 3.05) is 6.54 Å². The van der Waals surface area contributed by atoms with Crippen LogP contribution in [0.5, 0.6) is 0 Å². The first kappa shape index (κ1) is 18.1. The largest absolute Gasteiger partial charge is 0.480 e. The summed E-state index contributed by atoms with van der Waals surface area (Å²) in [6.45, 7) is 0.604. The maximum Gasteiger partial charge on any atom is 0.320 e. The monoisotopic (exact) mass is 238 g/mol. The van der Waals surface area contributed by atoms with Crippen molar-refractivity contribution in [2.24, 2.45) is 11.5 Å². The Labute approximate surface area is 88.9 Å². The molecule has 0 aromatic rings. The Morgan fingerprint density at radius 2 is 1.92 bits per heavy atom. The Kier molecular flexibility index (Phi) is 16.9. The molecule has 4 nitrogen and oxygen atoms in total. The molecule has 0 rings (SSSR count). The van der Waals surface area contributed by atoms with Crippen molar-refractivity contribution in [3.8, 4) is 0 Å². The van der Waals surface area contributed by atoms with Crippen LogP contribution in [0.15, 0.2) is 0 Å². The van der Waals surface area contributed by atoms with E-state index in [-0.39, 0.29) is 29.5 Å². The van der Waals surface area contributed by atoms with Gasteiger partial charge in [0.2, 0.25) is 0 Å². The number of unbranched alkanes of at least 4 members (excludes halogenated alkanes) is 1. The van der Waals surface area contributed by atoms with Gasteiger partial charge in [0.1, 0.15) is 6.04 Å². The molecule has 0 saturated heterocycles. The molecule has 0 radical (unpaired) electrons. The van der Waals surface area contributed by atoms with Crippen LogP contribution in [0.1, 0.15) is 19.3 Å². The predicted octanol–water partition coefficient (Wildman–Crippen LogP) is -0.0534. The van der Waals surface area contributed by atoms with Gasteiger partial charge < -0.3 is 16.6 Å². The summed E-state index contributed by atoms with van der Waals surface area (Å²) in [6.07, 6.45) is 2.16. The molecule has 12 heavy (non-hydrogen) atoms. The van der Waals surface area contributed by atoms with E-state index in [1.165, 1.54) is 0 Å². The summed E-state index contributed by atoms with van der Waals surface area (Å²) in [5, 5.41) is 8.33. The van der Waals surface area contributed by atoms with Gasteiger partial charge in [-0.3, -0.25) is 4.79 Å². The molecule has 0 saturated carbocycles. The van der Waals surface area contributed by atoms with Crippen molar-refractivity contribution in [3.63, 3.8) is 0 Å². The maximum absolute atomic E-state index is 10.1. The second kappa shape index (κ2) is 11.2. The molecule has 0 unspecified atom stereocenters. The summed E-state index contributed by atoms with van der Waals surface area (Å²) >= 11 is 0. The number of hydrogen-bond acceptors (Lipinski definition) is 3. The summed E-state index contributed by atoms with van der Waals surface area (Å²) in [4.78, 5) is 10.1. The van der Waals surface area contributed by atoms with Crippen molar-refractivity contribution in [2.45, 2.75) is 25.3 Å². The zero-order chi connectivity index (χ0) is 7.98. The molecule has 6 heteroatoms. The minimum absolute atomic E-state index is 0. The summed E-state index contributed by atoms with van der Waals surface area (Å²) in [6, 6.07) is -0.716. The molecule has 0 heterocycles. The summed E-state index contributed by atoms with van der Waals surface area (Å²) in [5.74, 6) is -0.933. The second-order valence-corrected chi connectivity index (χ2v) is 2.23. The number of rotatable bonds is 5. The molecule has 0 aromatic carbocycles. The molecule has 0 spiro atoms. The Bertz CT molecular complexity index is 116. The van der Waals surface area contributed by atoms with Crippen LogP contribution in [0.25, 0.3) is 0 Å². The molecule has 5 N–H and O–H groups in total. The van der Waals surface area contributed by atoms with Gasteiger partial charge in [0.15, 0.2) is 0 Å². The quantitative estimate of drug-likeness (QED) is 0.463. The van der Waals surface area contributed by atoms with Crippen molar-refractivity contribution in [3.05, 3.63) is 0 Å². The first-order valence-corrected chi connectivity index (χ1v) is 3.37. The fraction of sp³-hybridized carbons (Fsp3) is 0.833. The SMILES string of the molecule is Cl.NCCCC[C@H](N)C(=O)O.[Fe]. The molecule has 0 aromatic heterocycles. The van der Waals surface area contributed by atoms with Crippen molar-refractivity contribution < 1.29 is 27.0 Å². The fourth-order valence-electron chi connectivity index (χ4n) is 0.632. The first-order chi connectivity index (χ1) is 4.68. The fourth-order valence-corrected chi connectivity index (χ4v) is 0.632. The van der Waals surface area contributed by atoms with E-state index in [0.717, 1.165) is 12.8 Å². The molecular weight excluding hydrogens is 223 g/mol. The van der Waals surface area contributed by atoms with Crippen LogP contribution in [0.3, 0.4) is 0 Å². The third-order valence-corrected chi connectivity index (χ3v) is 1.29. The number of carbonyl (C=O) groups is 1. The van der Waals surface area contributed by atoms with E-state index >= 15 is 0 Å². The van der Waals surface area contributed by atoms with Crippen LogP contribution >= 0.6 is 12.4 Å². The Balaban J connectivity index is -0.000000405. The van der Waals surface area contributed by atoms with Crippen LogP contribution in [-0.4, -0.2) is 23.7 Å². The molecule has 1 atom stereocenters. The smallest absolute Gasteiger partial charge is 0.320 e. The standard InChI is InChI=1S/C6H14N2O2.ClH.Fe/c7-4-2-1-3-5(8)6(9)10;;/h5H,1-4,7-8H2,(H,9,10);1H;/t5-;;/m0../s1. The second-order valence-electron chi connectivity index (χ2n) is 2.23. The van der Waals surface area contributed by atoms with E-state index in [1.54, 1.807) is 0 Å². The zero-order valence-corrected chi connectivity index (χ0v) is 8.60. The van der Waals surface area contributed by atoms with Crippen LogP contribution in [-0.2, 0) is 21.9 Å². The molecule has 76 valence electrons. The Hall–Kier alpha value is 0.199. The van der Waals surface area contributed by atoms with E-state index in [9.17, 15) is 4.79 Å². The minimum Gasteiger partial charge on any atom is -0.480 e. The number of hydrogen-bond donors (Lipinski definition) is 3. The van der Waals surface area contributed by atoms with Gasteiger partial charge in [-0.2, -0.15) is 0 Å². The van der Waals surface area contributed by atoms with Crippen molar-refractivity contribution in [1.29, 1.82) is 0 Å². The molecule has 0 aliphatic carbocycles. The summed E-state index contributed by atoms with van der Waals surface area (Å²) < 4.78 is 0. The third-order valence-electron chi connectivity index (χ3n) is 1.29. The third kappa shape index (κ3) is 10.2. The van der Waals surface area contributed by atoms with Crippen molar-refractivity contribution in [1.82, 2.24) is 0 Å². The van der Waals surface area contributed by atoms with Crippen LogP contribution < -0.4 is 11.5 Å². The number of aliphatic carboxylic acids is 1. The summed E-state index contributed by atoms with van der Waals surface area (Å²) in [5.41, 5.74) is 10.4. The minimum atomic E-state index is -0.933. The molecule has 0 bridgehead atoms. The number of halogens is 1. The van der Waals surface area contributed by atoms with Gasteiger partial charge >= 0.3 is 5.97 Å². The summed E-state index contributed by atoms with van der Waals surface area (Å²) in [7, 11) is 0. The zero-order valence-electron chi connectivity index (χ0n) is 6.68. The number of nitrogens with two attached hydrogens (primary N) is 2. The normalized spacial score (nSPS) is 10.8. The van der Waals surface area contributed by atoms with Gasteiger partial charge in [-0.05, 0) is 19.4 Å². The van der Waals surface area contributed by atoms with E-state index in [0.29, 0.717) is 13.0 Å². The van der Waals surface area contributed by atoms with Gasteiger partial charge in [-0.25, -0.2) is 0 Å². The van der Waals surface area contributed by atoms with Gasteiger partial charge in [0.25, 0.3) is 0 Å². The predicted molar refractivity (Wildman–Crippen MR) is 45.8 cm³/mol. The van der Waals surface area contributed by atoms with Crippen LogP contribution in [0.2, 0.25) is 0 Å². The van der Waals surface area contributed by atoms with Gasteiger partial charge in [-0.15, -0.1) is 12.4 Å². The molecule has 0 aliphatic heterocycles. The molecular formula is C6H15ClFeN2O2. The van der Waals surface area contributed by atoms with Gasteiger partial charge in [0, 0.05) is 17.1 Å². The van der Waals surface area contributed by atoms with Crippen LogP contribution in [0.4, 0.5) is 0 Å². The number of carboxylic acids is 1.